The van der Waals surface area contributed by atoms with Crippen molar-refractivity contribution in [3.05, 3.63) is 54.4 Å². The van der Waals surface area contributed by atoms with Crippen molar-refractivity contribution in [3.63, 3.8) is 0 Å². The fourth-order valence-electron chi connectivity index (χ4n) is 4.86. The molecule has 3 aromatic heterocycles. The Balaban J connectivity index is 1.49. The average molecular weight is 435 g/mol. The number of amides is 2. The second-order valence-electron chi connectivity index (χ2n) is 8.36. The quantitative estimate of drug-likeness (QED) is 0.610. The first-order chi connectivity index (χ1) is 15.5. The fraction of sp³-hybridized carbons (Fsp3) is 0.409. The molecular weight excluding hydrogens is 410 g/mol. The number of carbonyl (C=O) groups is 2. The van der Waals surface area contributed by atoms with Crippen LogP contribution >= 0.6 is 0 Å². The van der Waals surface area contributed by atoms with Crippen molar-refractivity contribution in [1.29, 1.82) is 0 Å². The lowest BCUT2D eigenvalue weighted by Crippen LogP contribution is -2.57. The van der Waals surface area contributed by atoms with Gasteiger partial charge in [0, 0.05) is 50.8 Å². The zero-order valence-electron chi connectivity index (χ0n) is 18.1. The van der Waals surface area contributed by atoms with E-state index in [2.05, 4.69) is 19.7 Å². The van der Waals surface area contributed by atoms with Gasteiger partial charge in [0.2, 0.25) is 0 Å². The second kappa shape index (κ2) is 7.77. The number of aromatic nitrogens is 5. The Morgan fingerprint density at radius 2 is 1.91 bits per heavy atom. The maximum absolute atomic E-state index is 13.0. The highest BCUT2D eigenvalue weighted by atomic mass is 16.5. The first kappa shape index (κ1) is 20.2. The Morgan fingerprint density at radius 3 is 2.56 bits per heavy atom. The van der Waals surface area contributed by atoms with Crippen molar-refractivity contribution in [2.45, 2.75) is 24.9 Å². The number of piperidine rings is 1. The van der Waals surface area contributed by atoms with Gasteiger partial charge in [0.05, 0.1) is 19.2 Å². The van der Waals surface area contributed by atoms with Gasteiger partial charge in [-0.05, 0) is 37.1 Å². The van der Waals surface area contributed by atoms with Gasteiger partial charge in [-0.2, -0.15) is 0 Å². The summed E-state index contributed by atoms with van der Waals surface area (Å²) >= 11 is 0. The van der Waals surface area contributed by atoms with E-state index in [9.17, 15) is 9.59 Å². The third kappa shape index (κ3) is 3.22. The van der Waals surface area contributed by atoms with Crippen LogP contribution in [0.3, 0.4) is 0 Å². The summed E-state index contributed by atoms with van der Waals surface area (Å²) in [6.07, 6.45) is 6.33. The molecule has 1 fully saturated rings. The summed E-state index contributed by atoms with van der Waals surface area (Å²) in [7, 11) is 3.26. The van der Waals surface area contributed by atoms with Gasteiger partial charge in [0.1, 0.15) is 5.69 Å². The molecule has 1 saturated heterocycles. The van der Waals surface area contributed by atoms with Gasteiger partial charge in [-0.1, -0.05) is 0 Å². The molecule has 0 aliphatic carbocycles. The molecule has 32 heavy (non-hydrogen) atoms. The molecule has 2 amide bonds. The van der Waals surface area contributed by atoms with Crippen LogP contribution in [0.5, 0.6) is 0 Å². The van der Waals surface area contributed by atoms with Gasteiger partial charge in [-0.15, -0.1) is 10.2 Å². The highest BCUT2D eigenvalue weighted by molar-refractivity contribution is 5.92. The number of likely N-dealkylation sites (tertiary alicyclic amines) is 1. The highest BCUT2D eigenvalue weighted by Gasteiger charge is 2.46. The molecule has 166 valence electrons. The number of rotatable bonds is 2. The molecule has 2 aliphatic heterocycles. The molecule has 10 nitrogen and oxygen atoms in total. The average Bonchev–Trinajstić information content (AvgIpc) is 3.46. The minimum atomic E-state index is -0.429. The summed E-state index contributed by atoms with van der Waals surface area (Å²) in [5, 5.41) is 8.86. The number of nitrogens with zero attached hydrogens (tertiary/aromatic N) is 7. The van der Waals surface area contributed by atoms with E-state index in [4.69, 9.17) is 4.74 Å². The Bertz CT molecular complexity index is 1150. The van der Waals surface area contributed by atoms with Crippen LogP contribution in [0.4, 0.5) is 4.79 Å². The molecule has 5 rings (SSSR count). The van der Waals surface area contributed by atoms with Crippen molar-refractivity contribution in [1.82, 2.24) is 34.1 Å². The molecule has 5 heterocycles. The molecule has 1 spiro atoms. The molecular formula is C22H25N7O3. The van der Waals surface area contributed by atoms with E-state index in [1.165, 1.54) is 7.11 Å². The van der Waals surface area contributed by atoms with Crippen LogP contribution < -0.4 is 0 Å². The monoisotopic (exact) mass is 435 g/mol. The van der Waals surface area contributed by atoms with Crippen molar-refractivity contribution < 1.29 is 14.3 Å². The summed E-state index contributed by atoms with van der Waals surface area (Å²) < 4.78 is 9.00. The lowest BCUT2D eigenvalue weighted by molar-refractivity contribution is 0.0312. The lowest BCUT2D eigenvalue weighted by atomic mass is 9.84. The number of hydrogen-bond donors (Lipinski definition) is 0. The second-order valence-corrected chi connectivity index (χ2v) is 8.36. The Labute approximate surface area is 185 Å². The summed E-state index contributed by atoms with van der Waals surface area (Å²) in [6, 6.07) is 7.54. The fourth-order valence-corrected chi connectivity index (χ4v) is 4.86. The molecule has 0 unspecified atom stereocenters. The van der Waals surface area contributed by atoms with Crippen LogP contribution in [0.2, 0.25) is 0 Å². The number of ether oxygens (including phenoxy) is 1. The van der Waals surface area contributed by atoms with Crippen LogP contribution in [0.1, 0.15) is 29.2 Å². The van der Waals surface area contributed by atoms with E-state index in [0.717, 1.165) is 11.4 Å². The number of fused-ring (bicyclic) bond motifs is 2. The molecule has 0 N–H and O–H groups in total. The SMILES string of the molecule is COC(=O)N1Cc2nnc(-c3cccnc3)n2C2(CCN(C(=O)c3cccn3C)CC2)C1. The van der Waals surface area contributed by atoms with Crippen LogP contribution in [-0.4, -0.2) is 72.9 Å². The zero-order valence-corrected chi connectivity index (χ0v) is 18.1. The molecule has 0 saturated carbocycles. The van der Waals surface area contributed by atoms with Gasteiger partial charge in [-0.25, -0.2) is 4.79 Å². The summed E-state index contributed by atoms with van der Waals surface area (Å²) in [5.41, 5.74) is 1.11. The minimum absolute atomic E-state index is 0.0180. The van der Waals surface area contributed by atoms with Crippen molar-refractivity contribution in [3.8, 4) is 11.4 Å². The first-order valence-corrected chi connectivity index (χ1v) is 10.6. The molecule has 3 aromatic rings. The van der Waals surface area contributed by atoms with Crippen molar-refractivity contribution in [2.24, 2.45) is 7.05 Å². The van der Waals surface area contributed by atoms with Gasteiger partial charge >= 0.3 is 6.09 Å². The zero-order chi connectivity index (χ0) is 22.3. The number of carbonyl (C=O) groups excluding carboxylic acids is 2. The predicted molar refractivity (Wildman–Crippen MR) is 115 cm³/mol. The smallest absolute Gasteiger partial charge is 0.409 e. The van der Waals surface area contributed by atoms with Crippen LogP contribution in [0.15, 0.2) is 42.9 Å². The van der Waals surface area contributed by atoms with Crippen molar-refractivity contribution >= 4 is 12.0 Å². The molecule has 10 heteroatoms. The molecule has 0 atom stereocenters. The van der Waals surface area contributed by atoms with Crippen LogP contribution in [0.25, 0.3) is 11.4 Å². The number of methoxy groups -OCH3 is 1. The van der Waals surface area contributed by atoms with Gasteiger partial charge in [0.15, 0.2) is 11.6 Å². The third-order valence-corrected chi connectivity index (χ3v) is 6.52. The molecule has 0 bridgehead atoms. The normalized spacial score (nSPS) is 17.3. The summed E-state index contributed by atoms with van der Waals surface area (Å²) in [4.78, 5) is 33.2. The maximum atomic E-state index is 13.0. The van der Waals surface area contributed by atoms with E-state index in [0.29, 0.717) is 50.5 Å². The number of hydrogen-bond acceptors (Lipinski definition) is 6. The molecule has 0 aromatic carbocycles. The van der Waals surface area contributed by atoms with Gasteiger partial charge < -0.3 is 18.8 Å². The topological polar surface area (TPSA) is 98.4 Å². The number of aryl methyl sites for hydroxylation is 1. The van der Waals surface area contributed by atoms with E-state index in [-0.39, 0.29) is 12.0 Å². The Hall–Kier alpha value is -3.69. The lowest BCUT2D eigenvalue weighted by Gasteiger charge is -2.48. The van der Waals surface area contributed by atoms with E-state index in [1.54, 1.807) is 17.3 Å². The summed E-state index contributed by atoms with van der Waals surface area (Å²) in [5.74, 6) is 1.46. The minimum Gasteiger partial charge on any atom is -0.453 e. The van der Waals surface area contributed by atoms with Crippen LogP contribution in [-0.2, 0) is 23.9 Å². The molecule has 2 aliphatic rings. The Morgan fingerprint density at radius 1 is 1.09 bits per heavy atom. The molecule has 0 radical (unpaired) electrons. The third-order valence-electron chi connectivity index (χ3n) is 6.52. The van der Waals surface area contributed by atoms with Crippen molar-refractivity contribution in [2.75, 3.05) is 26.7 Å². The largest absolute Gasteiger partial charge is 0.453 e. The maximum Gasteiger partial charge on any atom is 0.409 e. The van der Waals surface area contributed by atoms with Crippen LogP contribution in [0, 0.1) is 0 Å². The highest BCUT2D eigenvalue weighted by Crippen LogP contribution is 2.39. The Kier molecular flexibility index (Phi) is 4.91. The number of pyridine rings is 1. The van der Waals surface area contributed by atoms with Gasteiger partial charge in [0.25, 0.3) is 5.91 Å². The van der Waals surface area contributed by atoms with E-state index < -0.39 is 5.54 Å². The van der Waals surface area contributed by atoms with E-state index in [1.807, 2.05) is 47.0 Å². The first-order valence-electron chi connectivity index (χ1n) is 10.6. The summed E-state index contributed by atoms with van der Waals surface area (Å²) in [6.45, 7) is 1.95. The predicted octanol–water partition coefficient (Wildman–Crippen LogP) is 1.89. The van der Waals surface area contributed by atoms with Gasteiger partial charge in [-0.3, -0.25) is 14.7 Å². The van der Waals surface area contributed by atoms with E-state index >= 15 is 0 Å². The standard InChI is InChI=1S/C22H25N7O3/c1-26-10-4-6-17(26)20(30)27-11-7-22(8-12-27)15-28(21(31)32-2)14-18-24-25-19(29(18)22)16-5-3-9-23-13-16/h3-6,9-10,13H,7-8,11-12,14-15H2,1-2H3.